The van der Waals surface area contributed by atoms with Crippen molar-refractivity contribution in [2.45, 2.75) is 32.2 Å². The molecule has 30 heavy (non-hydrogen) atoms. The number of guanidine groups is 1. The third kappa shape index (κ3) is 4.63. The number of rotatable bonds is 6. The number of carbonyl (C=O) groups excluding carboxylic acids is 2. The van der Waals surface area contributed by atoms with Crippen molar-refractivity contribution in [1.82, 2.24) is 14.9 Å². The lowest BCUT2D eigenvalue weighted by Crippen LogP contribution is -2.47. The maximum atomic E-state index is 12.6. The lowest BCUT2D eigenvalue weighted by molar-refractivity contribution is -0.128. The van der Waals surface area contributed by atoms with E-state index in [0.717, 1.165) is 5.56 Å². The zero-order chi connectivity index (χ0) is 21.7. The van der Waals surface area contributed by atoms with Gasteiger partial charge in [-0.05, 0) is 43.7 Å². The molecule has 8 nitrogen and oxygen atoms in total. The smallest absolute Gasteiger partial charge is 0.231 e. The predicted molar refractivity (Wildman–Crippen MR) is 112 cm³/mol. The Bertz CT molecular complexity index is 1050. The largest absolute Gasteiger partial charge is 0.479 e. The summed E-state index contributed by atoms with van der Waals surface area (Å²) in [5.74, 6) is 5.96. The molecule has 3 rings (SSSR count). The number of hydrogen-bond acceptors (Lipinski definition) is 7. The van der Waals surface area contributed by atoms with Gasteiger partial charge in [-0.2, -0.15) is 0 Å². The zero-order valence-corrected chi connectivity index (χ0v) is 17.2. The molecule has 1 aliphatic heterocycles. The average Bonchev–Trinajstić information content (AvgIpc) is 2.73. The second-order valence-electron chi connectivity index (χ2n) is 7.12. The second kappa shape index (κ2) is 8.74. The van der Waals surface area contributed by atoms with E-state index < -0.39 is 5.54 Å². The highest BCUT2D eigenvalue weighted by Gasteiger charge is 2.37. The van der Waals surface area contributed by atoms with Gasteiger partial charge in [0.1, 0.15) is 23.6 Å². The highest BCUT2D eigenvalue weighted by Crippen LogP contribution is 2.32. The summed E-state index contributed by atoms with van der Waals surface area (Å²) in [5, 5.41) is 0. The van der Waals surface area contributed by atoms with E-state index in [1.165, 1.54) is 11.1 Å². The molecule has 1 atom stereocenters. The number of hydrogen-bond donors (Lipinski definition) is 1. The van der Waals surface area contributed by atoms with E-state index in [-0.39, 0.29) is 37.1 Å². The summed E-state index contributed by atoms with van der Waals surface area (Å²) in [7, 11) is 1.59. The summed E-state index contributed by atoms with van der Waals surface area (Å²) in [6, 6.07) is 6.86. The molecule has 1 aliphatic rings. The zero-order valence-electron chi connectivity index (χ0n) is 17.2. The minimum Gasteiger partial charge on any atom is -0.479 e. The van der Waals surface area contributed by atoms with Crippen molar-refractivity contribution in [3.8, 4) is 17.6 Å². The van der Waals surface area contributed by atoms with Crippen molar-refractivity contribution >= 4 is 17.6 Å². The standard InChI is InChI=1S/C22H23N5O3/c1-4-5-10-30-16-6-7-17(25-14-16)18(28)11-15-8-9-24-19(12-15)22(2)13-20(29)27(3)21(23)26-22/h6-9,12,14H,10-11,13H2,1-3H3,(H2,23,26). The van der Waals surface area contributed by atoms with Crippen LogP contribution in [0.3, 0.4) is 0 Å². The molecule has 0 aliphatic carbocycles. The van der Waals surface area contributed by atoms with E-state index in [2.05, 4.69) is 26.8 Å². The number of carbonyl (C=O) groups is 2. The van der Waals surface area contributed by atoms with Gasteiger partial charge in [0.05, 0.1) is 18.3 Å². The SMILES string of the molecule is CC#CCOc1ccc(C(=O)Cc2ccnc(C3(C)CC(=O)N(C)C(N)=N3)c2)nc1. The van der Waals surface area contributed by atoms with Crippen molar-refractivity contribution in [3.05, 3.63) is 53.6 Å². The number of Topliss-reactive ketones (excluding diaryl/α,β-unsaturated/α-hetero) is 1. The minimum atomic E-state index is -0.870. The van der Waals surface area contributed by atoms with E-state index in [0.29, 0.717) is 17.1 Å². The molecule has 0 bridgehead atoms. The molecule has 1 amide bonds. The molecular weight excluding hydrogens is 382 g/mol. The van der Waals surface area contributed by atoms with Crippen LogP contribution in [-0.4, -0.2) is 46.2 Å². The van der Waals surface area contributed by atoms with Crippen LogP contribution in [0.15, 0.2) is 41.7 Å². The van der Waals surface area contributed by atoms with Crippen molar-refractivity contribution < 1.29 is 14.3 Å². The Morgan fingerprint density at radius 2 is 2.13 bits per heavy atom. The predicted octanol–water partition coefficient (Wildman–Crippen LogP) is 1.70. The van der Waals surface area contributed by atoms with Gasteiger partial charge in [-0.15, -0.1) is 5.92 Å². The van der Waals surface area contributed by atoms with Crippen LogP contribution < -0.4 is 10.5 Å². The molecule has 8 heteroatoms. The molecule has 0 fully saturated rings. The molecule has 3 heterocycles. The number of aliphatic imine (C=N–C) groups is 1. The number of nitrogens with two attached hydrogens (primary N) is 1. The molecule has 154 valence electrons. The van der Waals surface area contributed by atoms with E-state index in [1.54, 1.807) is 44.4 Å². The maximum Gasteiger partial charge on any atom is 0.231 e. The number of amides is 1. The molecule has 0 aromatic carbocycles. The molecule has 2 aromatic heterocycles. The average molecular weight is 405 g/mol. The lowest BCUT2D eigenvalue weighted by Gasteiger charge is -2.32. The Labute approximate surface area is 175 Å². The van der Waals surface area contributed by atoms with Gasteiger partial charge in [0.2, 0.25) is 5.91 Å². The van der Waals surface area contributed by atoms with Crippen molar-refractivity contribution in [1.29, 1.82) is 0 Å². The molecule has 0 saturated carbocycles. The molecule has 0 radical (unpaired) electrons. The summed E-state index contributed by atoms with van der Waals surface area (Å²) in [6.45, 7) is 3.82. The fourth-order valence-electron chi connectivity index (χ4n) is 3.03. The molecule has 0 saturated heterocycles. The van der Waals surface area contributed by atoms with Crippen LogP contribution >= 0.6 is 0 Å². The fourth-order valence-corrected chi connectivity index (χ4v) is 3.03. The number of ether oxygens (including phenoxy) is 1. The van der Waals surface area contributed by atoms with Crippen LogP contribution in [0.1, 0.15) is 42.0 Å². The fraction of sp³-hybridized carbons (Fsp3) is 0.318. The van der Waals surface area contributed by atoms with Gasteiger partial charge in [-0.1, -0.05) is 5.92 Å². The normalized spacial score (nSPS) is 18.3. The van der Waals surface area contributed by atoms with Crippen molar-refractivity contribution in [3.63, 3.8) is 0 Å². The van der Waals surface area contributed by atoms with Gasteiger partial charge in [0.25, 0.3) is 0 Å². The van der Waals surface area contributed by atoms with Crippen LogP contribution in [0.2, 0.25) is 0 Å². The number of aromatic nitrogens is 2. The first-order valence-electron chi connectivity index (χ1n) is 9.41. The third-order valence-electron chi connectivity index (χ3n) is 4.83. The van der Waals surface area contributed by atoms with Gasteiger partial charge in [-0.3, -0.25) is 19.5 Å². The first kappa shape index (κ1) is 21.0. The van der Waals surface area contributed by atoms with Crippen LogP contribution in [0.4, 0.5) is 0 Å². The molecule has 1 unspecified atom stereocenters. The molecule has 2 N–H and O–H groups in total. The Morgan fingerprint density at radius 1 is 1.33 bits per heavy atom. The molecule has 2 aromatic rings. The quantitative estimate of drug-likeness (QED) is 0.578. The van der Waals surface area contributed by atoms with Crippen LogP contribution in [0, 0.1) is 11.8 Å². The van der Waals surface area contributed by atoms with Gasteiger partial charge >= 0.3 is 0 Å². The van der Waals surface area contributed by atoms with Crippen LogP contribution in [-0.2, 0) is 16.8 Å². The van der Waals surface area contributed by atoms with E-state index in [9.17, 15) is 9.59 Å². The van der Waals surface area contributed by atoms with Crippen LogP contribution in [0.5, 0.6) is 5.75 Å². The second-order valence-corrected chi connectivity index (χ2v) is 7.12. The molecular formula is C22H23N5O3. The lowest BCUT2D eigenvalue weighted by atomic mass is 9.90. The first-order valence-corrected chi connectivity index (χ1v) is 9.41. The van der Waals surface area contributed by atoms with Gasteiger partial charge < -0.3 is 10.5 Å². The van der Waals surface area contributed by atoms with Gasteiger partial charge in [0, 0.05) is 19.7 Å². The maximum absolute atomic E-state index is 12.6. The Morgan fingerprint density at radius 3 is 2.80 bits per heavy atom. The highest BCUT2D eigenvalue weighted by molar-refractivity contribution is 5.98. The topological polar surface area (TPSA) is 111 Å². The third-order valence-corrected chi connectivity index (χ3v) is 4.83. The summed E-state index contributed by atoms with van der Waals surface area (Å²) < 4.78 is 5.41. The van der Waals surface area contributed by atoms with E-state index in [4.69, 9.17) is 10.5 Å². The number of ketones is 1. The summed E-state index contributed by atoms with van der Waals surface area (Å²) in [4.78, 5) is 39.2. The van der Waals surface area contributed by atoms with Gasteiger partial charge in [-0.25, -0.2) is 9.98 Å². The number of pyridine rings is 2. The van der Waals surface area contributed by atoms with Crippen molar-refractivity contribution in [2.24, 2.45) is 10.7 Å². The molecule has 0 spiro atoms. The Hall–Kier alpha value is -3.73. The van der Waals surface area contributed by atoms with Crippen LogP contribution in [0.25, 0.3) is 0 Å². The Balaban J connectivity index is 1.74. The minimum absolute atomic E-state index is 0.135. The summed E-state index contributed by atoms with van der Waals surface area (Å²) in [5.41, 5.74) is 6.69. The van der Waals surface area contributed by atoms with E-state index >= 15 is 0 Å². The highest BCUT2D eigenvalue weighted by atomic mass is 16.5. The summed E-state index contributed by atoms with van der Waals surface area (Å²) >= 11 is 0. The number of nitrogens with zero attached hydrogens (tertiary/aromatic N) is 4. The van der Waals surface area contributed by atoms with E-state index in [1.807, 2.05) is 6.92 Å². The van der Waals surface area contributed by atoms with Gasteiger partial charge in [0.15, 0.2) is 11.7 Å². The summed E-state index contributed by atoms with van der Waals surface area (Å²) in [6.07, 6.45) is 3.41. The Kier molecular flexibility index (Phi) is 6.11. The van der Waals surface area contributed by atoms with Crippen molar-refractivity contribution in [2.75, 3.05) is 13.7 Å². The first-order chi connectivity index (χ1) is 14.3. The monoisotopic (exact) mass is 405 g/mol.